The van der Waals surface area contributed by atoms with Gasteiger partial charge >= 0.3 is 0 Å². The molecule has 0 aliphatic heterocycles. The van der Waals surface area contributed by atoms with E-state index in [9.17, 15) is 0 Å². The standard InChI is InChI=1S/C17H22N2O/c1-13-11-16(14-5-3-4-6-15(14)19-13)18-12-17(7-8-17)9-10-20-2/h3-6,11H,7-10,12H2,1-2H3,(H,18,19). The Balaban J connectivity index is 1.77. The zero-order chi connectivity index (χ0) is 14.0. The molecule has 1 aromatic heterocycles. The van der Waals surface area contributed by atoms with E-state index in [0.29, 0.717) is 5.41 Å². The summed E-state index contributed by atoms with van der Waals surface area (Å²) >= 11 is 0. The maximum absolute atomic E-state index is 5.22. The van der Waals surface area contributed by atoms with Gasteiger partial charge in [-0.2, -0.15) is 0 Å². The number of aryl methyl sites for hydroxylation is 1. The molecule has 1 saturated carbocycles. The highest BCUT2D eigenvalue weighted by Gasteiger charge is 2.41. The van der Waals surface area contributed by atoms with Crippen LogP contribution in [0.15, 0.2) is 30.3 Å². The Bertz CT molecular complexity index is 605. The fourth-order valence-corrected chi connectivity index (χ4v) is 2.75. The van der Waals surface area contributed by atoms with Crippen LogP contribution in [0.1, 0.15) is 25.0 Å². The maximum atomic E-state index is 5.22. The first-order valence-corrected chi connectivity index (χ1v) is 7.32. The highest BCUT2D eigenvalue weighted by atomic mass is 16.5. The Morgan fingerprint density at radius 3 is 2.85 bits per heavy atom. The number of methoxy groups -OCH3 is 1. The van der Waals surface area contributed by atoms with Crippen molar-refractivity contribution in [3.05, 3.63) is 36.0 Å². The average Bonchev–Trinajstić information content (AvgIpc) is 3.23. The molecule has 1 aromatic carbocycles. The van der Waals surface area contributed by atoms with Crippen molar-refractivity contribution in [1.82, 2.24) is 4.98 Å². The molecule has 0 spiro atoms. The number of hydrogen-bond acceptors (Lipinski definition) is 3. The Morgan fingerprint density at radius 1 is 1.30 bits per heavy atom. The highest BCUT2D eigenvalue weighted by molar-refractivity contribution is 5.91. The second-order valence-electron chi connectivity index (χ2n) is 5.92. The van der Waals surface area contributed by atoms with Crippen LogP contribution < -0.4 is 5.32 Å². The van der Waals surface area contributed by atoms with Gasteiger partial charge in [0, 0.05) is 37.0 Å². The molecule has 1 heterocycles. The van der Waals surface area contributed by atoms with Crippen LogP contribution in [-0.2, 0) is 4.74 Å². The van der Waals surface area contributed by atoms with Crippen LogP contribution in [-0.4, -0.2) is 25.2 Å². The number of ether oxygens (including phenoxy) is 1. The maximum Gasteiger partial charge on any atom is 0.0725 e. The Morgan fingerprint density at radius 2 is 2.10 bits per heavy atom. The van der Waals surface area contributed by atoms with Gasteiger partial charge in [-0.3, -0.25) is 4.98 Å². The minimum absolute atomic E-state index is 0.453. The molecule has 1 N–H and O–H groups in total. The number of fused-ring (bicyclic) bond motifs is 1. The Kier molecular flexibility index (Phi) is 3.62. The van der Waals surface area contributed by atoms with Crippen molar-refractivity contribution in [3.8, 4) is 0 Å². The summed E-state index contributed by atoms with van der Waals surface area (Å²) in [6.07, 6.45) is 3.77. The Hall–Kier alpha value is -1.61. The molecule has 0 bridgehead atoms. The van der Waals surface area contributed by atoms with Crippen molar-refractivity contribution >= 4 is 16.6 Å². The largest absolute Gasteiger partial charge is 0.385 e. The van der Waals surface area contributed by atoms with Gasteiger partial charge in [0.2, 0.25) is 0 Å². The van der Waals surface area contributed by atoms with Gasteiger partial charge in [-0.05, 0) is 43.7 Å². The number of hydrogen-bond donors (Lipinski definition) is 1. The lowest BCUT2D eigenvalue weighted by atomic mass is 10.0. The SMILES string of the molecule is COCCC1(CNc2cc(C)nc3ccccc23)CC1. The molecule has 1 fully saturated rings. The van der Waals surface area contributed by atoms with E-state index in [1.165, 1.54) is 23.9 Å². The van der Waals surface area contributed by atoms with Gasteiger partial charge in [-0.25, -0.2) is 0 Å². The number of nitrogens with zero attached hydrogens (tertiary/aromatic N) is 1. The first kappa shape index (κ1) is 13.4. The zero-order valence-corrected chi connectivity index (χ0v) is 12.3. The van der Waals surface area contributed by atoms with E-state index >= 15 is 0 Å². The van der Waals surface area contributed by atoms with Crippen LogP contribution >= 0.6 is 0 Å². The zero-order valence-electron chi connectivity index (χ0n) is 12.3. The number of aromatic nitrogens is 1. The predicted molar refractivity (Wildman–Crippen MR) is 83.1 cm³/mol. The smallest absolute Gasteiger partial charge is 0.0725 e. The van der Waals surface area contributed by atoms with Crippen molar-refractivity contribution in [2.24, 2.45) is 5.41 Å². The summed E-state index contributed by atoms with van der Waals surface area (Å²) in [5.74, 6) is 0. The lowest BCUT2D eigenvalue weighted by molar-refractivity contribution is 0.175. The van der Waals surface area contributed by atoms with Crippen LogP contribution in [0.4, 0.5) is 5.69 Å². The minimum atomic E-state index is 0.453. The summed E-state index contributed by atoms with van der Waals surface area (Å²) in [6, 6.07) is 10.5. The quantitative estimate of drug-likeness (QED) is 0.867. The van der Waals surface area contributed by atoms with Crippen LogP contribution in [0, 0.1) is 12.3 Å². The number of rotatable bonds is 6. The molecule has 1 aliphatic carbocycles. The molecule has 0 unspecified atom stereocenters. The molecule has 2 aromatic rings. The van der Waals surface area contributed by atoms with E-state index in [-0.39, 0.29) is 0 Å². The average molecular weight is 270 g/mol. The van der Waals surface area contributed by atoms with Gasteiger partial charge in [0.05, 0.1) is 5.52 Å². The van der Waals surface area contributed by atoms with Crippen molar-refractivity contribution in [2.75, 3.05) is 25.6 Å². The molecular formula is C17H22N2O. The van der Waals surface area contributed by atoms with Gasteiger partial charge in [-0.15, -0.1) is 0 Å². The van der Waals surface area contributed by atoms with Crippen LogP contribution in [0.2, 0.25) is 0 Å². The summed E-state index contributed by atoms with van der Waals surface area (Å²) < 4.78 is 5.22. The highest BCUT2D eigenvalue weighted by Crippen LogP contribution is 2.48. The van der Waals surface area contributed by atoms with E-state index in [0.717, 1.165) is 30.8 Å². The van der Waals surface area contributed by atoms with Gasteiger partial charge in [0.1, 0.15) is 0 Å². The van der Waals surface area contributed by atoms with Crippen molar-refractivity contribution in [1.29, 1.82) is 0 Å². The third kappa shape index (κ3) is 2.78. The number of benzene rings is 1. The molecule has 106 valence electrons. The van der Waals surface area contributed by atoms with E-state index in [2.05, 4.69) is 41.5 Å². The summed E-state index contributed by atoms with van der Waals surface area (Å²) in [6.45, 7) is 3.94. The summed E-state index contributed by atoms with van der Waals surface area (Å²) in [4.78, 5) is 4.59. The molecule has 1 aliphatic rings. The Labute approximate surface area is 120 Å². The molecular weight excluding hydrogens is 248 g/mol. The molecule has 0 atom stereocenters. The lowest BCUT2D eigenvalue weighted by Crippen LogP contribution is -2.17. The molecule has 3 rings (SSSR count). The van der Waals surface area contributed by atoms with E-state index in [1.54, 1.807) is 7.11 Å². The monoisotopic (exact) mass is 270 g/mol. The molecule has 3 nitrogen and oxygen atoms in total. The van der Waals surface area contributed by atoms with Crippen LogP contribution in [0.25, 0.3) is 10.9 Å². The number of anilines is 1. The molecule has 0 saturated heterocycles. The fraction of sp³-hybridized carbons (Fsp3) is 0.471. The first-order chi connectivity index (χ1) is 9.72. The van der Waals surface area contributed by atoms with Crippen molar-refractivity contribution in [2.45, 2.75) is 26.2 Å². The molecule has 20 heavy (non-hydrogen) atoms. The second-order valence-corrected chi connectivity index (χ2v) is 5.92. The van der Waals surface area contributed by atoms with Gasteiger partial charge < -0.3 is 10.1 Å². The van der Waals surface area contributed by atoms with Crippen LogP contribution in [0.3, 0.4) is 0 Å². The summed E-state index contributed by atoms with van der Waals surface area (Å²) in [5.41, 5.74) is 3.79. The predicted octanol–water partition coefficient (Wildman–Crippen LogP) is 3.77. The lowest BCUT2D eigenvalue weighted by Gasteiger charge is -2.17. The van der Waals surface area contributed by atoms with E-state index < -0.39 is 0 Å². The van der Waals surface area contributed by atoms with E-state index in [1.807, 2.05) is 6.07 Å². The third-order valence-corrected chi connectivity index (χ3v) is 4.29. The normalized spacial score (nSPS) is 16.3. The third-order valence-electron chi connectivity index (χ3n) is 4.29. The molecule has 0 amide bonds. The molecule has 3 heteroatoms. The van der Waals surface area contributed by atoms with Crippen molar-refractivity contribution in [3.63, 3.8) is 0 Å². The molecule has 0 radical (unpaired) electrons. The topological polar surface area (TPSA) is 34.1 Å². The minimum Gasteiger partial charge on any atom is -0.385 e. The number of pyridine rings is 1. The van der Waals surface area contributed by atoms with Crippen LogP contribution in [0.5, 0.6) is 0 Å². The number of para-hydroxylation sites is 1. The summed E-state index contributed by atoms with van der Waals surface area (Å²) in [5, 5.41) is 4.85. The van der Waals surface area contributed by atoms with Crippen molar-refractivity contribution < 1.29 is 4.74 Å². The number of nitrogens with one attached hydrogen (secondary N) is 1. The first-order valence-electron chi connectivity index (χ1n) is 7.32. The van der Waals surface area contributed by atoms with Gasteiger partial charge in [-0.1, -0.05) is 18.2 Å². The van der Waals surface area contributed by atoms with E-state index in [4.69, 9.17) is 4.74 Å². The van der Waals surface area contributed by atoms with Gasteiger partial charge in [0.15, 0.2) is 0 Å². The second kappa shape index (κ2) is 5.41. The summed E-state index contributed by atoms with van der Waals surface area (Å²) in [7, 11) is 1.78. The van der Waals surface area contributed by atoms with Gasteiger partial charge in [0.25, 0.3) is 0 Å². The fourth-order valence-electron chi connectivity index (χ4n) is 2.75.